The summed E-state index contributed by atoms with van der Waals surface area (Å²) in [6.07, 6.45) is 3.82. The zero-order valence-electron chi connectivity index (χ0n) is 12.2. The molecule has 3 rings (SSSR count). The molecule has 0 fully saturated rings. The average Bonchev–Trinajstić information content (AvgIpc) is 2.86. The van der Waals surface area contributed by atoms with Crippen molar-refractivity contribution in [2.24, 2.45) is 5.92 Å². The number of nitrogens with zero attached hydrogens (tertiary/aromatic N) is 3. The average molecular weight is 270 g/mol. The van der Waals surface area contributed by atoms with Crippen LogP contribution in [0.15, 0.2) is 30.6 Å². The van der Waals surface area contributed by atoms with Crippen LogP contribution < -0.4 is 5.32 Å². The number of fused-ring (bicyclic) bond motifs is 1. The van der Waals surface area contributed by atoms with Gasteiger partial charge in [-0.05, 0) is 29.9 Å². The molecule has 0 radical (unpaired) electrons. The van der Waals surface area contributed by atoms with E-state index in [2.05, 4.69) is 58.2 Å². The fourth-order valence-electron chi connectivity index (χ4n) is 2.93. The summed E-state index contributed by atoms with van der Waals surface area (Å²) in [5.41, 5.74) is 2.69. The third-order valence-electron chi connectivity index (χ3n) is 3.87. The Labute approximate surface area is 120 Å². The second kappa shape index (κ2) is 5.65. The fraction of sp³-hybridized carbons (Fsp3) is 0.500. The minimum Gasteiger partial charge on any atom is -0.385 e. The van der Waals surface area contributed by atoms with Crippen LogP contribution in [0.4, 0.5) is 5.69 Å². The van der Waals surface area contributed by atoms with Crippen molar-refractivity contribution in [3.63, 3.8) is 0 Å². The molecule has 0 amide bonds. The second-order valence-corrected chi connectivity index (χ2v) is 5.96. The van der Waals surface area contributed by atoms with E-state index < -0.39 is 0 Å². The molecule has 1 aromatic carbocycles. The molecular formula is C16H22N4. The zero-order chi connectivity index (χ0) is 13.9. The predicted octanol–water partition coefficient (Wildman–Crippen LogP) is 3.08. The molecule has 4 nitrogen and oxygen atoms in total. The third kappa shape index (κ3) is 2.69. The monoisotopic (exact) mass is 270 g/mol. The lowest BCUT2D eigenvalue weighted by atomic mass is 9.88. The molecule has 106 valence electrons. The summed E-state index contributed by atoms with van der Waals surface area (Å²) in [4.78, 5) is 4.47. The van der Waals surface area contributed by atoms with Gasteiger partial charge in [-0.1, -0.05) is 32.0 Å². The van der Waals surface area contributed by atoms with E-state index in [0.29, 0.717) is 11.8 Å². The highest BCUT2D eigenvalue weighted by atomic mass is 15.3. The second-order valence-electron chi connectivity index (χ2n) is 5.96. The van der Waals surface area contributed by atoms with E-state index in [-0.39, 0.29) is 0 Å². The van der Waals surface area contributed by atoms with E-state index in [1.165, 1.54) is 11.3 Å². The molecule has 1 aliphatic heterocycles. The normalized spacial score (nSPS) is 17.9. The summed E-state index contributed by atoms with van der Waals surface area (Å²) < 4.78 is 2.06. The van der Waals surface area contributed by atoms with E-state index in [1.807, 2.05) is 0 Å². The standard InChI is InChI=1S/C16H22N4/c1-12(2)10-20-16(18-11-19-20)9-13-7-8-17-15-6-4-3-5-14(13)15/h3-6,11-13,17H,7-10H2,1-2H3. The molecule has 1 atom stereocenters. The summed E-state index contributed by atoms with van der Waals surface area (Å²) >= 11 is 0. The Kier molecular flexibility index (Phi) is 3.72. The molecule has 2 heterocycles. The van der Waals surface area contributed by atoms with E-state index >= 15 is 0 Å². The summed E-state index contributed by atoms with van der Waals surface area (Å²) in [6.45, 7) is 6.42. The van der Waals surface area contributed by atoms with Gasteiger partial charge in [0.05, 0.1) is 0 Å². The molecule has 1 unspecified atom stereocenters. The summed E-state index contributed by atoms with van der Waals surface area (Å²) in [5.74, 6) is 2.25. The first-order chi connectivity index (χ1) is 9.74. The first-order valence-electron chi connectivity index (χ1n) is 7.43. The first-order valence-corrected chi connectivity index (χ1v) is 7.43. The zero-order valence-corrected chi connectivity index (χ0v) is 12.2. The molecule has 4 heteroatoms. The van der Waals surface area contributed by atoms with E-state index in [4.69, 9.17) is 0 Å². The van der Waals surface area contributed by atoms with Crippen LogP contribution in [0.2, 0.25) is 0 Å². The fourth-order valence-corrected chi connectivity index (χ4v) is 2.93. The molecule has 0 saturated heterocycles. The van der Waals surface area contributed by atoms with Gasteiger partial charge in [0.2, 0.25) is 0 Å². The Morgan fingerprint density at radius 1 is 1.35 bits per heavy atom. The van der Waals surface area contributed by atoms with Gasteiger partial charge in [0, 0.05) is 25.2 Å². The number of anilines is 1. The summed E-state index contributed by atoms with van der Waals surface area (Å²) in [6, 6.07) is 8.61. The van der Waals surface area contributed by atoms with Gasteiger partial charge in [-0.2, -0.15) is 5.10 Å². The lowest BCUT2D eigenvalue weighted by molar-refractivity contribution is 0.455. The van der Waals surface area contributed by atoms with Crippen molar-refractivity contribution in [3.8, 4) is 0 Å². The Bertz CT molecular complexity index is 573. The van der Waals surface area contributed by atoms with Crippen LogP contribution in [0, 0.1) is 5.92 Å². The van der Waals surface area contributed by atoms with Gasteiger partial charge in [-0.25, -0.2) is 9.67 Å². The van der Waals surface area contributed by atoms with E-state index in [1.54, 1.807) is 6.33 Å². The summed E-state index contributed by atoms with van der Waals surface area (Å²) in [5, 5.41) is 7.84. The van der Waals surface area contributed by atoms with Gasteiger partial charge in [0.1, 0.15) is 12.2 Å². The Morgan fingerprint density at radius 3 is 3.05 bits per heavy atom. The van der Waals surface area contributed by atoms with Gasteiger partial charge in [-0.3, -0.25) is 0 Å². The SMILES string of the molecule is CC(C)Cn1ncnc1CC1CCNc2ccccc21. The smallest absolute Gasteiger partial charge is 0.138 e. The molecule has 0 bridgehead atoms. The van der Waals surface area contributed by atoms with Crippen molar-refractivity contribution in [2.75, 3.05) is 11.9 Å². The quantitative estimate of drug-likeness (QED) is 0.928. The number of aromatic nitrogens is 3. The molecule has 1 aromatic heterocycles. The van der Waals surface area contributed by atoms with Gasteiger partial charge in [0.25, 0.3) is 0 Å². The number of nitrogens with one attached hydrogen (secondary N) is 1. The van der Waals surface area contributed by atoms with Gasteiger partial charge < -0.3 is 5.32 Å². The van der Waals surface area contributed by atoms with Crippen LogP contribution in [0.25, 0.3) is 0 Å². The van der Waals surface area contributed by atoms with E-state index in [0.717, 1.165) is 31.8 Å². The Hall–Kier alpha value is -1.84. The Morgan fingerprint density at radius 2 is 2.20 bits per heavy atom. The third-order valence-corrected chi connectivity index (χ3v) is 3.87. The minimum atomic E-state index is 0.544. The Balaban J connectivity index is 1.81. The van der Waals surface area contributed by atoms with Gasteiger partial charge >= 0.3 is 0 Å². The number of rotatable bonds is 4. The molecular weight excluding hydrogens is 248 g/mol. The van der Waals surface area contributed by atoms with Gasteiger partial charge in [-0.15, -0.1) is 0 Å². The van der Waals surface area contributed by atoms with E-state index in [9.17, 15) is 0 Å². The first kappa shape index (κ1) is 13.2. The highest BCUT2D eigenvalue weighted by Crippen LogP contribution is 2.33. The van der Waals surface area contributed by atoms with Crippen LogP contribution >= 0.6 is 0 Å². The van der Waals surface area contributed by atoms with Crippen LogP contribution in [0.1, 0.15) is 37.6 Å². The molecule has 2 aromatic rings. The van der Waals surface area contributed by atoms with Crippen LogP contribution in [-0.2, 0) is 13.0 Å². The molecule has 0 saturated carbocycles. The maximum atomic E-state index is 4.47. The molecule has 0 spiro atoms. The number of hydrogen-bond donors (Lipinski definition) is 1. The topological polar surface area (TPSA) is 42.7 Å². The largest absolute Gasteiger partial charge is 0.385 e. The minimum absolute atomic E-state index is 0.544. The molecule has 1 aliphatic rings. The number of benzene rings is 1. The maximum Gasteiger partial charge on any atom is 0.138 e. The van der Waals surface area contributed by atoms with Crippen molar-refractivity contribution in [1.82, 2.24) is 14.8 Å². The predicted molar refractivity (Wildman–Crippen MR) is 80.9 cm³/mol. The lowest BCUT2D eigenvalue weighted by Crippen LogP contribution is -2.20. The molecule has 0 aliphatic carbocycles. The van der Waals surface area contributed by atoms with Crippen LogP contribution in [-0.4, -0.2) is 21.3 Å². The lowest BCUT2D eigenvalue weighted by Gasteiger charge is -2.26. The van der Waals surface area contributed by atoms with Crippen molar-refractivity contribution >= 4 is 5.69 Å². The van der Waals surface area contributed by atoms with Crippen molar-refractivity contribution < 1.29 is 0 Å². The van der Waals surface area contributed by atoms with Crippen LogP contribution in [0.5, 0.6) is 0 Å². The summed E-state index contributed by atoms with van der Waals surface area (Å²) in [7, 11) is 0. The highest BCUT2D eigenvalue weighted by molar-refractivity contribution is 5.54. The van der Waals surface area contributed by atoms with Gasteiger partial charge in [0.15, 0.2) is 0 Å². The van der Waals surface area contributed by atoms with Crippen LogP contribution in [0.3, 0.4) is 0 Å². The molecule has 20 heavy (non-hydrogen) atoms. The van der Waals surface area contributed by atoms with Crippen molar-refractivity contribution in [1.29, 1.82) is 0 Å². The number of hydrogen-bond acceptors (Lipinski definition) is 3. The van der Waals surface area contributed by atoms with Crippen molar-refractivity contribution in [2.45, 2.75) is 39.2 Å². The highest BCUT2D eigenvalue weighted by Gasteiger charge is 2.21. The number of para-hydroxylation sites is 1. The van der Waals surface area contributed by atoms with Crippen molar-refractivity contribution in [3.05, 3.63) is 42.0 Å². The molecule has 1 N–H and O–H groups in total. The maximum absolute atomic E-state index is 4.47.